The molecule has 1 fully saturated rings. The lowest BCUT2D eigenvalue weighted by Crippen LogP contribution is -2.25. The lowest BCUT2D eigenvalue weighted by atomic mass is 10.1. The zero-order chi connectivity index (χ0) is 18.9. The highest BCUT2D eigenvalue weighted by molar-refractivity contribution is 5.78. The second-order valence-electron chi connectivity index (χ2n) is 7.64. The molecule has 4 heteroatoms. The van der Waals surface area contributed by atoms with E-state index >= 15 is 0 Å². The lowest BCUT2D eigenvalue weighted by Gasteiger charge is -2.14. The molecule has 0 saturated carbocycles. The molecule has 0 aromatic heterocycles. The number of nitrogens with two attached hydrogens (primary N) is 1. The Morgan fingerprint density at radius 3 is 1.92 bits per heavy atom. The summed E-state index contributed by atoms with van der Waals surface area (Å²) in [6.07, 6.45) is 22.9. The molecule has 0 unspecified atom stereocenters. The second-order valence-corrected chi connectivity index (χ2v) is 7.64. The van der Waals surface area contributed by atoms with Crippen molar-refractivity contribution in [2.45, 2.75) is 103 Å². The van der Waals surface area contributed by atoms with Gasteiger partial charge < -0.3 is 10.6 Å². The number of unbranched alkanes of at least 4 members (excludes halogenated alkanes) is 11. The van der Waals surface area contributed by atoms with Crippen molar-refractivity contribution in [1.82, 2.24) is 4.90 Å². The first-order chi connectivity index (χ1) is 12.7. The molecule has 1 aliphatic heterocycles. The zero-order valence-corrected chi connectivity index (χ0v) is 16.7. The van der Waals surface area contributed by atoms with Gasteiger partial charge in [0.05, 0.1) is 0 Å². The normalized spacial score (nSPS) is 14.6. The van der Waals surface area contributed by atoms with Crippen molar-refractivity contribution >= 4 is 11.8 Å². The topological polar surface area (TPSA) is 63.4 Å². The van der Waals surface area contributed by atoms with Crippen molar-refractivity contribution in [3.63, 3.8) is 0 Å². The fourth-order valence-corrected chi connectivity index (χ4v) is 3.54. The number of rotatable bonds is 17. The minimum absolute atomic E-state index is 0.175. The molecule has 2 N–H and O–H groups in total. The minimum Gasteiger partial charge on any atom is -0.370 e. The van der Waals surface area contributed by atoms with E-state index in [1.54, 1.807) is 0 Å². The first-order valence-corrected chi connectivity index (χ1v) is 10.9. The number of likely N-dealkylation sites (tertiary alicyclic amines) is 1. The Bertz CT molecular complexity index is 407. The van der Waals surface area contributed by atoms with Gasteiger partial charge in [-0.2, -0.15) is 0 Å². The summed E-state index contributed by atoms with van der Waals surface area (Å²) >= 11 is 0. The van der Waals surface area contributed by atoms with E-state index in [0.717, 1.165) is 38.8 Å². The summed E-state index contributed by atoms with van der Waals surface area (Å²) in [6.45, 7) is 1.97. The summed E-state index contributed by atoms with van der Waals surface area (Å²) in [5.74, 6) is 0.186. The van der Waals surface area contributed by atoms with Gasteiger partial charge in [0.25, 0.3) is 0 Å². The van der Waals surface area contributed by atoms with Gasteiger partial charge in [-0.15, -0.1) is 0 Å². The molecule has 1 aliphatic rings. The molecule has 26 heavy (non-hydrogen) atoms. The highest BCUT2D eigenvalue weighted by Crippen LogP contribution is 2.13. The Balaban J connectivity index is 1.74. The van der Waals surface area contributed by atoms with Crippen LogP contribution in [0.25, 0.3) is 0 Å². The number of nitrogens with zero attached hydrogens (tertiary/aromatic N) is 1. The Morgan fingerprint density at radius 2 is 1.38 bits per heavy atom. The van der Waals surface area contributed by atoms with E-state index in [2.05, 4.69) is 12.2 Å². The molecule has 0 radical (unpaired) electrons. The smallest absolute Gasteiger partial charge is 0.222 e. The van der Waals surface area contributed by atoms with Gasteiger partial charge in [0.1, 0.15) is 0 Å². The first-order valence-electron chi connectivity index (χ1n) is 10.9. The van der Waals surface area contributed by atoms with Crippen LogP contribution in [0.5, 0.6) is 0 Å². The number of hydrogen-bond acceptors (Lipinski definition) is 2. The summed E-state index contributed by atoms with van der Waals surface area (Å²) in [7, 11) is 0. The maximum absolute atomic E-state index is 11.5. The SMILES string of the molecule is NC(=O)CCCCCCC/C=C\CCCCCCCCN1CCCC1=O. The van der Waals surface area contributed by atoms with Crippen LogP contribution < -0.4 is 5.73 Å². The number of primary amides is 1. The van der Waals surface area contributed by atoms with Crippen molar-refractivity contribution in [3.05, 3.63) is 12.2 Å². The summed E-state index contributed by atoms with van der Waals surface area (Å²) in [5, 5.41) is 0. The third kappa shape index (κ3) is 13.0. The molecular weight excluding hydrogens is 324 g/mol. The molecule has 0 aromatic rings. The third-order valence-corrected chi connectivity index (χ3v) is 5.18. The highest BCUT2D eigenvalue weighted by Gasteiger charge is 2.18. The molecule has 1 saturated heterocycles. The second kappa shape index (κ2) is 15.9. The molecule has 150 valence electrons. The zero-order valence-electron chi connectivity index (χ0n) is 16.7. The molecule has 1 rings (SSSR count). The molecule has 2 amide bonds. The summed E-state index contributed by atoms with van der Waals surface area (Å²) in [6, 6.07) is 0. The van der Waals surface area contributed by atoms with Crippen LogP contribution in [0.4, 0.5) is 0 Å². The quantitative estimate of drug-likeness (QED) is 0.288. The van der Waals surface area contributed by atoms with Crippen molar-refractivity contribution in [2.75, 3.05) is 13.1 Å². The molecule has 0 aromatic carbocycles. The average Bonchev–Trinajstić information content (AvgIpc) is 3.02. The third-order valence-electron chi connectivity index (χ3n) is 5.18. The first kappa shape index (κ1) is 22.7. The van der Waals surface area contributed by atoms with Gasteiger partial charge in [-0.3, -0.25) is 9.59 Å². The van der Waals surface area contributed by atoms with Gasteiger partial charge in [-0.05, 0) is 44.9 Å². The van der Waals surface area contributed by atoms with Crippen LogP contribution in [0.15, 0.2) is 12.2 Å². The molecular formula is C22H40N2O2. The predicted molar refractivity (Wildman–Crippen MR) is 109 cm³/mol. The van der Waals surface area contributed by atoms with Gasteiger partial charge in [-0.1, -0.05) is 57.1 Å². The molecule has 4 nitrogen and oxygen atoms in total. The van der Waals surface area contributed by atoms with E-state index < -0.39 is 0 Å². The Morgan fingerprint density at radius 1 is 0.846 bits per heavy atom. The van der Waals surface area contributed by atoms with Crippen LogP contribution in [0.1, 0.15) is 103 Å². The lowest BCUT2D eigenvalue weighted by molar-refractivity contribution is -0.127. The molecule has 0 aliphatic carbocycles. The van der Waals surface area contributed by atoms with E-state index in [9.17, 15) is 9.59 Å². The molecule has 0 spiro atoms. The van der Waals surface area contributed by atoms with E-state index in [-0.39, 0.29) is 5.91 Å². The van der Waals surface area contributed by atoms with Crippen LogP contribution in [-0.4, -0.2) is 29.8 Å². The van der Waals surface area contributed by atoms with Crippen LogP contribution in [-0.2, 0) is 9.59 Å². The van der Waals surface area contributed by atoms with E-state index in [1.165, 1.54) is 70.6 Å². The van der Waals surface area contributed by atoms with Crippen molar-refractivity contribution in [3.8, 4) is 0 Å². The van der Waals surface area contributed by atoms with Crippen LogP contribution in [0.2, 0.25) is 0 Å². The fourth-order valence-electron chi connectivity index (χ4n) is 3.54. The van der Waals surface area contributed by atoms with E-state index in [1.807, 2.05) is 4.90 Å². The number of allylic oxidation sites excluding steroid dienone is 2. The van der Waals surface area contributed by atoms with Crippen molar-refractivity contribution in [1.29, 1.82) is 0 Å². The Labute approximate surface area is 160 Å². The summed E-state index contributed by atoms with van der Waals surface area (Å²) in [4.78, 5) is 24.1. The van der Waals surface area contributed by atoms with Crippen LogP contribution >= 0.6 is 0 Å². The summed E-state index contributed by atoms with van der Waals surface area (Å²) in [5.41, 5.74) is 5.12. The van der Waals surface area contributed by atoms with Gasteiger partial charge >= 0.3 is 0 Å². The van der Waals surface area contributed by atoms with E-state index in [0.29, 0.717) is 12.3 Å². The van der Waals surface area contributed by atoms with Gasteiger partial charge in [0.15, 0.2) is 0 Å². The Kier molecular flexibility index (Phi) is 13.9. The number of hydrogen-bond donors (Lipinski definition) is 1. The average molecular weight is 365 g/mol. The fraction of sp³-hybridized carbons (Fsp3) is 0.818. The standard InChI is InChI=1S/C22H40N2O2/c23-21(25)17-14-12-10-8-6-4-2-1-3-5-7-9-11-13-15-19-24-20-16-18-22(24)26/h1-2H,3-20H2,(H2,23,25)/b2-1-. The van der Waals surface area contributed by atoms with Gasteiger partial charge in [-0.25, -0.2) is 0 Å². The van der Waals surface area contributed by atoms with Crippen LogP contribution in [0, 0.1) is 0 Å². The number of carbonyl (C=O) groups is 2. The maximum Gasteiger partial charge on any atom is 0.222 e. The highest BCUT2D eigenvalue weighted by atomic mass is 16.2. The molecule has 0 atom stereocenters. The molecule has 1 heterocycles. The largest absolute Gasteiger partial charge is 0.370 e. The number of amides is 2. The minimum atomic E-state index is -0.175. The van der Waals surface area contributed by atoms with Gasteiger partial charge in [0.2, 0.25) is 11.8 Å². The predicted octanol–water partition coefficient (Wildman–Crippen LogP) is 5.11. The summed E-state index contributed by atoms with van der Waals surface area (Å²) < 4.78 is 0. The van der Waals surface area contributed by atoms with Gasteiger partial charge in [0, 0.05) is 25.9 Å². The van der Waals surface area contributed by atoms with Crippen molar-refractivity contribution in [2.24, 2.45) is 5.73 Å². The number of carbonyl (C=O) groups excluding carboxylic acids is 2. The van der Waals surface area contributed by atoms with E-state index in [4.69, 9.17) is 5.73 Å². The van der Waals surface area contributed by atoms with Crippen molar-refractivity contribution < 1.29 is 9.59 Å². The Hall–Kier alpha value is -1.32. The maximum atomic E-state index is 11.5. The van der Waals surface area contributed by atoms with Crippen LogP contribution in [0.3, 0.4) is 0 Å². The molecule has 0 bridgehead atoms. The monoisotopic (exact) mass is 364 g/mol.